The predicted octanol–water partition coefficient (Wildman–Crippen LogP) is 2.92. The first-order valence-electron chi connectivity index (χ1n) is 6.67. The van der Waals surface area contributed by atoms with Crippen LogP contribution in [0.2, 0.25) is 0 Å². The van der Waals surface area contributed by atoms with Gasteiger partial charge in [0.25, 0.3) is 0 Å². The zero-order valence-electron chi connectivity index (χ0n) is 11.9. The highest BCUT2D eigenvalue weighted by molar-refractivity contribution is 14.1. The summed E-state index contributed by atoms with van der Waals surface area (Å²) < 4.78 is 5.70. The van der Waals surface area contributed by atoms with Crippen molar-refractivity contribution in [1.29, 1.82) is 0 Å². The fraction of sp³-hybridized carbons (Fsp3) is 0.0625. The summed E-state index contributed by atoms with van der Waals surface area (Å²) in [7, 11) is 0. The van der Waals surface area contributed by atoms with Crippen LogP contribution < -0.4 is 5.43 Å². The van der Waals surface area contributed by atoms with Crippen LogP contribution in [0.5, 0.6) is 28.7 Å². The molecule has 0 fully saturated rings. The lowest BCUT2D eigenvalue weighted by Crippen LogP contribution is -2.04. The first kappa shape index (κ1) is 16.2. The Morgan fingerprint density at radius 3 is 2.25 bits per heavy atom. The highest BCUT2D eigenvalue weighted by Gasteiger charge is 2.22. The summed E-state index contributed by atoms with van der Waals surface area (Å²) in [6.07, 6.45) is 0. The normalized spacial score (nSPS) is 11.0. The maximum atomic E-state index is 12.4. The Bertz CT molecular complexity index is 1020. The third-order valence-corrected chi connectivity index (χ3v) is 4.35. The number of rotatable bonds is 2. The zero-order chi connectivity index (χ0) is 17.6. The number of hydrogen-bond donors (Lipinski definition) is 5. The lowest BCUT2D eigenvalue weighted by atomic mass is 10.1. The van der Waals surface area contributed by atoms with Gasteiger partial charge in [0.05, 0.1) is 0 Å². The van der Waals surface area contributed by atoms with Crippen LogP contribution in [0, 0.1) is 0 Å². The predicted molar refractivity (Wildman–Crippen MR) is 94.0 cm³/mol. The lowest BCUT2D eigenvalue weighted by molar-refractivity contribution is 0.403. The summed E-state index contributed by atoms with van der Waals surface area (Å²) >= 11 is 1.91. The van der Waals surface area contributed by atoms with Crippen molar-refractivity contribution in [2.75, 3.05) is 0 Å². The van der Waals surface area contributed by atoms with E-state index in [1.165, 1.54) is 18.2 Å². The maximum Gasteiger partial charge on any atom is 0.238 e. The molecule has 0 amide bonds. The zero-order valence-corrected chi connectivity index (χ0v) is 14.1. The van der Waals surface area contributed by atoms with Gasteiger partial charge in [0, 0.05) is 21.6 Å². The highest BCUT2D eigenvalue weighted by Crippen LogP contribution is 2.40. The maximum absolute atomic E-state index is 12.4. The second kappa shape index (κ2) is 5.78. The smallest absolute Gasteiger partial charge is 0.238 e. The number of phenolic OH excluding ortho intramolecular Hbond substituents is 4. The van der Waals surface area contributed by atoms with Crippen molar-refractivity contribution in [2.24, 2.45) is 0 Å². The standard InChI is InChI=1S/C16H11IO7/c17-5-7-9(19)4-11-12(13(7)21)14(22)15(23)16(24-11)6-1-2-8(18)10(20)3-6/h1-4,18-21,23H,5H2. The fourth-order valence-corrected chi connectivity index (χ4v) is 3.10. The van der Waals surface area contributed by atoms with Crippen LogP contribution in [-0.2, 0) is 4.43 Å². The second-order valence-corrected chi connectivity index (χ2v) is 5.80. The molecule has 0 spiro atoms. The number of halogens is 1. The van der Waals surface area contributed by atoms with Crippen molar-refractivity contribution >= 4 is 33.6 Å². The Hall–Kier alpha value is -2.62. The van der Waals surface area contributed by atoms with Gasteiger partial charge < -0.3 is 29.9 Å². The molecule has 8 heteroatoms. The number of hydrogen-bond acceptors (Lipinski definition) is 7. The minimum Gasteiger partial charge on any atom is -0.507 e. The molecule has 0 unspecified atom stereocenters. The van der Waals surface area contributed by atoms with Crippen molar-refractivity contribution in [3.05, 3.63) is 40.1 Å². The van der Waals surface area contributed by atoms with E-state index < -0.39 is 22.7 Å². The number of phenols is 4. The molecule has 0 aliphatic heterocycles. The SMILES string of the molecule is O=c1c(O)c(-c2ccc(O)c(O)c2)oc2cc(O)c(CI)c(O)c12. The van der Waals surface area contributed by atoms with E-state index in [0.29, 0.717) is 0 Å². The van der Waals surface area contributed by atoms with Crippen molar-refractivity contribution in [2.45, 2.75) is 4.43 Å². The van der Waals surface area contributed by atoms with E-state index in [-0.39, 0.29) is 43.8 Å². The molecule has 1 heterocycles. The average molecular weight is 442 g/mol. The Balaban J connectivity index is 2.38. The van der Waals surface area contributed by atoms with Gasteiger partial charge in [-0.15, -0.1) is 0 Å². The number of aromatic hydroxyl groups is 5. The Labute approximate surface area is 148 Å². The third kappa shape index (κ3) is 2.39. The van der Waals surface area contributed by atoms with E-state index in [1.807, 2.05) is 22.6 Å². The molecule has 0 radical (unpaired) electrons. The molecule has 3 rings (SSSR count). The lowest BCUT2D eigenvalue weighted by Gasteiger charge is -2.10. The molecule has 24 heavy (non-hydrogen) atoms. The molecule has 2 aromatic carbocycles. The minimum absolute atomic E-state index is 0.121. The fourth-order valence-electron chi connectivity index (χ4n) is 2.34. The summed E-state index contributed by atoms with van der Waals surface area (Å²) in [5, 5.41) is 48.9. The van der Waals surface area contributed by atoms with Gasteiger partial charge in [0.1, 0.15) is 22.5 Å². The van der Waals surface area contributed by atoms with Crippen LogP contribution in [0.15, 0.2) is 33.5 Å². The van der Waals surface area contributed by atoms with Crippen LogP contribution in [-0.4, -0.2) is 25.5 Å². The Kier molecular flexibility index (Phi) is 3.91. The van der Waals surface area contributed by atoms with Gasteiger partial charge in [-0.3, -0.25) is 4.79 Å². The minimum atomic E-state index is -0.873. The van der Waals surface area contributed by atoms with E-state index in [2.05, 4.69) is 0 Å². The van der Waals surface area contributed by atoms with E-state index in [0.717, 1.165) is 6.07 Å². The van der Waals surface area contributed by atoms with Crippen LogP contribution in [0.4, 0.5) is 0 Å². The van der Waals surface area contributed by atoms with Crippen molar-refractivity contribution in [1.82, 2.24) is 0 Å². The number of alkyl halides is 1. The van der Waals surface area contributed by atoms with Gasteiger partial charge in [0.2, 0.25) is 11.2 Å². The van der Waals surface area contributed by atoms with E-state index >= 15 is 0 Å². The molecular weight excluding hydrogens is 431 g/mol. The molecule has 0 saturated carbocycles. The molecule has 0 bridgehead atoms. The van der Waals surface area contributed by atoms with E-state index in [4.69, 9.17) is 4.42 Å². The van der Waals surface area contributed by atoms with Crippen LogP contribution in [0.1, 0.15) is 5.56 Å². The summed E-state index contributed by atoms with van der Waals surface area (Å²) in [6.45, 7) is 0. The molecule has 0 atom stereocenters. The summed E-state index contributed by atoms with van der Waals surface area (Å²) in [6, 6.07) is 4.78. The van der Waals surface area contributed by atoms with E-state index in [1.54, 1.807) is 0 Å². The van der Waals surface area contributed by atoms with Gasteiger partial charge in [-0.25, -0.2) is 0 Å². The van der Waals surface area contributed by atoms with Crippen molar-refractivity contribution in [3.63, 3.8) is 0 Å². The van der Waals surface area contributed by atoms with Gasteiger partial charge >= 0.3 is 0 Å². The molecule has 1 aromatic heterocycles. The molecular formula is C16H11IO7. The topological polar surface area (TPSA) is 131 Å². The van der Waals surface area contributed by atoms with Gasteiger partial charge in [-0.05, 0) is 18.2 Å². The van der Waals surface area contributed by atoms with Crippen molar-refractivity contribution in [3.8, 4) is 40.1 Å². The van der Waals surface area contributed by atoms with Gasteiger partial charge in [-0.1, -0.05) is 22.6 Å². The Morgan fingerprint density at radius 1 is 0.917 bits per heavy atom. The average Bonchev–Trinajstić information content (AvgIpc) is 2.53. The molecule has 5 N–H and O–H groups in total. The number of fused-ring (bicyclic) bond motifs is 1. The molecule has 3 aromatic rings. The Morgan fingerprint density at radius 2 is 1.62 bits per heavy atom. The molecule has 0 saturated heterocycles. The van der Waals surface area contributed by atoms with Crippen LogP contribution in [0.3, 0.4) is 0 Å². The second-order valence-electron chi connectivity index (χ2n) is 5.04. The molecule has 0 aliphatic carbocycles. The first-order chi connectivity index (χ1) is 11.3. The quantitative estimate of drug-likeness (QED) is 0.234. The third-order valence-electron chi connectivity index (χ3n) is 3.59. The van der Waals surface area contributed by atoms with Crippen LogP contribution in [0.25, 0.3) is 22.3 Å². The highest BCUT2D eigenvalue weighted by atomic mass is 127. The monoisotopic (exact) mass is 442 g/mol. The van der Waals surface area contributed by atoms with Gasteiger partial charge in [-0.2, -0.15) is 0 Å². The molecule has 0 aliphatic rings. The van der Waals surface area contributed by atoms with Gasteiger partial charge in [0.15, 0.2) is 17.3 Å². The van der Waals surface area contributed by atoms with Crippen molar-refractivity contribution < 1.29 is 29.9 Å². The summed E-state index contributed by atoms with van der Waals surface area (Å²) in [5.41, 5.74) is -0.699. The summed E-state index contributed by atoms with van der Waals surface area (Å²) in [4.78, 5) is 12.4. The molecule has 7 nitrogen and oxygen atoms in total. The molecule has 124 valence electrons. The summed E-state index contributed by atoms with van der Waals surface area (Å²) in [5.74, 6) is -2.55. The first-order valence-corrected chi connectivity index (χ1v) is 8.19. The number of benzene rings is 2. The van der Waals surface area contributed by atoms with E-state index in [9.17, 15) is 30.3 Å². The largest absolute Gasteiger partial charge is 0.507 e. The van der Waals surface area contributed by atoms with Crippen LogP contribution >= 0.6 is 22.6 Å².